The SMILES string of the molecule is COc1ccc(C(C)NC(=O)c2ccc(Br)cc2S)cc1. The fourth-order valence-corrected chi connectivity index (χ4v) is 2.80. The van der Waals surface area contributed by atoms with Crippen molar-refractivity contribution in [3.8, 4) is 5.75 Å². The molecule has 0 spiro atoms. The fourth-order valence-electron chi connectivity index (χ4n) is 1.95. The standard InChI is InChI=1S/C16H16BrNO2S/c1-10(11-3-6-13(20-2)7-4-11)18-16(19)14-8-5-12(17)9-15(14)21/h3-10,21H,1-2H3,(H,18,19). The molecule has 0 radical (unpaired) electrons. The van der Waals surface area contributed by atoms with Gasteiger partial charge in [-0.15, -0.1) is 12.6 Å². The Hall–Kier alpha value is -1.46. The van der Waals surface area contributed by atoms with Gasteiger partial charge in [0, 0.05) is 9.37 Å². The second-order valence-electron chi connectivity index (χ2n) is 4.63. The molecule has 0 aliphatic rings. The molecular formula is C16H16BrNO2S. The number of rotatable bonds is 4. The third kappa shape index (κ3) is 4.02. The summed E-state index contributed by atoms with van der Waals surface area (Å²) >= 11 is 7.69. The van der Waals surface area contributed by atoms with Crippen molar-refractivity contribution in [1.29, 1.82) is 0 Å². The number of amides is 1. The van der Waals surface area contributed by atoms with Gasteiger partial charge in [-0.25, -0.2) is 0 Å². The largest absolute Gasteiger partial charge is 0.497 e. The second kappa shape index (κ2) is 7.00. The summed E-state index contributed by atoms with van der Waals surface area (Å²) < 4.78 is 6.02. The summed E-state index contributed by atoms with van der Waals surface area (Å²) in [4.78, 5) is 12.9. The third-order valence-corrected chi connectivity index (χ3v) is 4.03. The van der Waals surface area contributed by atoms with Crippen molar-refractivity contribution in [1.82, 2.24) is 5.32 Å². The highest BCUT2D eigenvalue weighted by molar-refractivity contribution is 9.10. The molecule has 110 valence electrons. The molecule has 0 heterocycles. The Morgan fingerprint density at radius 3 is 2.48 bits per heavy atom. The average molecular weight is 366 g/mol. The predicted molar refractivity (Wildman–Crippen MR) is 90.3 cm³/mol. The van der Waals surface area contributed by atoms with Crippen molar-refractivity contribution in [2.45, 2.75) is 17.9 Å². The van der Waals surface area contributed by atoms with E-state index in [4.69, 9.17) is 4.74 Å². The molecule has 1 amide bonds. The van der Waals surface area contributed by atoms with Gasteiger partial charge in [-0.3, -0.25) is 4.79 Å². The number of carbonyl (C=O) groups excluding carboxylic acids is 1. The van der Waals surface area contributed by atoms with Gasteiger partial charge in [0.15, 0.2) is 0 Å². The molecule has 0 fully saturated rings. The van der Waals surface area contributed by atoms with E-state index in [2.05, 4.69) is 33.9 Å². The van der Waals surface area contributed by atoms with Crippen LogP contribution in [-0.4, -0.2) is 13.0 Å². The summed E-state index contributed by atoms with van der Waals surface area (Å²) in [6.45, 7) is 1.94. The van der Waals surface area contributed by atoms with E-state index in [1.807, 2.05) is 37.3 Å². The average Bonchev–Trinajstić information content (AvgIpc) is 2.47. The molecule has 1 atom stereocenters. The van der Waals surface area contributed by atoms with Crippen LogP contribution in [0.5, 0.6) is 5.75 Å². The smallest absolute Gasteiger partial charge is 0.252 e. The Balaban J connectivity index is 2.10. The van der Waals surface area contributed by atoms with E-state index < -0.39 is 0 Å². The minimum absolute atomic E-state index is 0.0974. The number of thiol groups is 1. The summed E-state index contributed by atoms with van der Waals surface area (Å²) in [6, 6.07) is 12.9. The summed E-state index contributed by atoms with van der Waals surface area (Å²) in [7, 11) is 1.63. The van der Waals surface area contributed by atoms with E-state index >= 15 is 0 Å². The van der Waals surface area contributed by atoms with Crippen molar-refractivity contribution in [2.75, 3.05) is 7.11 Å². The Bertz CT molecular complexity index is 643. The lowest BCUT2D eigenvalue weighted by Crippen LogP contribution is -2.26. The molecule has 0 saturated carbocycles. The van der Waals surface area contributed by atoms with Crippen LogP contribution >= 0.6 is 28.6 Å². The van der Waals surface area contributed by atoms with Crippen molar-refractivity contribution < 1.29 is 9.53 Å². The van der Waals surface area contributed by atoms with Crippen LogP contribution in [-0.2, 0) is 0 Å². The summed E-state index contributed by atoms with van der Waals surface area (Å²) in [5.74, 6) is 0.652. The van der Waals surface area contributed by atoms with E-state index in [1.54, 1.807) is 19.2 Å². The highest BCUT2D eigenvalue weighted by atomic mass is 79.9. The molecule has 2 aromatic carbocycles. The fraction of sp³-hybridized carbons (Fsp3) is 0.188. The molecule has 2 rings (SSSR count). The van der Waals surface area contributed by atoms with E-state index in [1.165, 1.54) is 0 Å². The second-order valence-corrected chi connectivity index (χ2v) is 6.03. The monoisotopic (exact) mass is 365 g/mol. The van der Waals surface area contributed by atoms with Crippen LogP contribution < -0.4 is 10.1 Å². The van der Waals surface area contributed by atoms with Gasteiger partial charge in [0.1, 0.15) is 5.75 Å². The van der Waals surface area contributed by atoms with Gasteiger partial charge in [-0.05, 0) is 42.8 Å². The highest BCUT2D eigenvalue weighted by Gasteiger charge is 2.14. The Morgan fingerprint density at radius 2 is 1.90 bits per heavy atom. The van der Waals surface area contributed by atoms with Crippen LogP contribution in [0.2, 0.25) is 0 Å². The first-order chi connectivity index (χ1) is 10.0. The van der Waals surface area contributed by atoms with E-state index in [0.29, 0.717) is 10.5 Å². The Morgan fingerprint density at radius 1 is 1.24 bits per heavy atom. The minimum Gasteiger partial charge on any atom is -0.497 e. The first-order valence-electron chi connectivity index (χ1n) is 6.44. The lowest BCUT2D eigenvalue weighted by atomic mass is 10.1. The van der Waals surface area contributed by atoms with Crippen LogP contribution in [0.3, 0.4) is 0 Å². The van der Waals surface area contributed by atoms with Gasteiger partial charge in [0.05, 0.1) is 18.7 Å². The zero-order chi connectivity index (χ0) is 15.4. The predicted octanol–water partition coefficient (Wildman–Crippen LogP) is 4.24. The maximum atomic E-state index is 12.3. The molecule has 1 N–H and O–H groups in total. The van der Waals surface area contributed by atoms with Crippen LogP contribution in [0.15, 0.2) is 51.8 Å². The van der Waals surface area contributed by atoms with Crippen molar-refractivity contribution in [3.05, 3.63) is 58.1 Å². The van der Waals surface area contributed by atoms with E-state index in [-0.39, 0.29) is 11.9 Å². The topological polar surface area (TPSA) is 38.3 Å². The van der Waals surface area contributed by atoms with Gasteiger partial charge >= 0.3 is 0 Å². The van der Waals surface area contributed by atoms with Gasteiger partial charge in [0.2, 0.25) is 0 Å². The molecule has 1 unspecified atom stereocenters. The van der Waals surface area contributed by atoms with Crippen molar-refractivity contribution in [2.24, 2.45) is 0 Å². The number of methoxy groups -OCH3 is 1. The van der Waals surface area contributed by atoms with Gasteiger partial charge in [-0.1, -0.05) is 28.1 Å². The minimum atomic E-state index is -0.143. The van der Waals surface area contributed by atoms with Crippen molar-refractivity contribution in [3.63, 3.8) is 0 Å². The van der Waals surface area contributed by atoms with Crippen molar-refractivity contribution >= 4 is 34.5 Å². The molecule has 2 aromatic rings. The third-order valence-electron chi connectivity index (χ3n) is 3.17. The number of hydrogen-bond acceptors (Lipinski definition) is 3. The van der Waals surface area contributed by atoms with E-state index in [9.17, 15) is 4.79 Å². The van der Waals surface area contributed by atoms with E-state index in [0.717, 1.165) is 15.8 Å². The van der Waals surface area contributed by atoms with Gasteiger partial charge in [0.25, 0.3) is 5.91 Å². The summed E-state index contributed by atoms with van der Waals surface area (Å²) in [5, 5.41) is 2.97. The van der Waals surface area contributed by atoms with Crippen LogP contribution in [0.4, 0.5) is 0 Å². The molecule has 21 heavy (non-hydrogen) atoms. The zero-order valence-electron chi connectivity index (χ0n) is 11.8. The molecule has 3 nitrogen and oxygen atoms in total. The highest BCUT2D eigenvalue weighted by Crippen LogP contribution is 2.22. The van der Waals surface area contributed by atoms with Gasteiger partial charge in [-0.2, -0.15) is 0 Å². The zero-order valence-corrected chi connectivity index (χ0v) is 14.2. The molecule has 0 bridgehead atoms. The summed E-state index contributed by atoms with van der Waals surface area (Å²) in [5.41, 5.74) is 1.57. The lowest BCUT2D eigenvalue weighted by molar-refractivity contribution is 0.0937. The van der Waals surface area contributed by atoms with Crippen LogP contribution in [0, 0.1) is 0 Å². The first-order valence-corrected chi connectivity index (χ1v) is 7.68. The molecule has 0 aliphatic heterocycles. The summed E-state index contributed by atoms with van der Waals surface area (Å²) in [6.07, 6.45) is 0. The number of ether oxygens (including phenoxy) is 1. The molecule has 5 heteroatoms. The van der Waals surface area contributed by atoms with Crippen LogP contribution in [0.1, 0.15) is 28.9 Å². The Kier molecular flexibility index (Phi) is 5.31. The number of halogens is 1. The number of carbonyl (C=O) groups is 1. The molecule has 0 aliphatic carbocycles. The lowest BCUT2D eigenvalue weighted by Gasteiger charge is -2.15. The number of benzene rings is 2. The number of hydrogen-bond donors (Lipinski definition) is 2. The van der Waals surface area contributed by atoms with Gasteiger partial charge < -0.3 is 10.1 Å². The Labute approximate surface area is 138 Å². The molecule has 0 saturated heterocycles. The maximum Gasteiger partial charge on any atom is 0.252 e. The van der Waals surface area contributed by atoms with Crippen LogP contribution in [0.25, 0.3) is 0 Å². The first kappa shape index (κ1) is 15.9. The molecular weight excluding hydrogens is 350 g/mol. The maximum absolute atomic E-state index is 12.3. The normalized spacial score (nSPS) is 11.8. The molecule has 0 aromatic heterocycles. The number of nitrogens with one attached hydrogen (secondary N) is 1. The quantitative estimate of drug-likeness (QED) is 0.795.